The van der Waals surface area contributed by atoms with Crippen molar-refractivity contribution in [2.75, 3.05) is 6.61 Å². The zero-order valence-corrected chi connectivity index (χ0v) is 9.88. The van der Waals surface area contributed by atoms with Gasteiger partial charge in [0.15, 0.2) is 0 Å². The quantitative estimate of drug-likeness (QED) is 0.366. The third kappa shape index (κ3) is 20.8. The van der Waals surface area contributed by atoms with Crippen LogP contribution in [0, 0.1) is 0 Å². The summed E-state index contributed by atoms with van der Waals surface area (Å²) in [6.07, 6.45) is 0.00808. The van der Waals surface area contributed by atoms with Gasteiger partial charge < -0.3 is 15.6 Å². The van der Waals surface area contributed by atoms with Gasteiger partial charge in [-0.3, -0.25) is 18.7 Å². The number of carbonyl (C=O) groups is 2. The first kappa shape index (κ1) is 18.1. The van der Waals surface area contributed by atoms with Crippen molar-refractivity contribution < 1.29 is 37.0 Å². The molecule has 10 heteroatoms. The minimum absolute atomic E-state index is 0.111. The molecule has 0 radical (unpaired) electrons. The van der Waals surface area contributed by atoms with Gasteiger partial charge in [0.05, 0.1) is 6.61 Å². The van der Waals surface area contributed by atoms with E-state index in [1.807, 2.05) is 0 Å². The molecule has 0 aliphatic rings. The van der Waals surface area contributed by atoms with E-state index in [1.165, 1.54) is 0 Å². The number of nitrogens with two attached hydrogens (primary N) is 1. The molecule has 0 saturated carbocycles. The van der Waals surface area contributed by atoms with Gasteiger partial charge in [0.1, 0.15) is 6.04 Å². The maximum Gasteiger partial charge on any atom is 0.394 e. The molecule has 0 aromatic rings. The predicted molar refractivity (Wildman–Crippen MR) is 55.7 cm³/mol. The molecule has 5 N–H and O–H groups in total. The Balaban J connectivity index is 0. The number of ether oxygens (including phenoxy) is 1. The van der Waals surface area contributed by atoms with Crippen LogP contribution >= 0.6 is 0 Å². The summed E-state index contributed by atoms with van der Waals surface area (Å²) >= 11 is 0. The second-order valence-corrected chi connectivity index (χ2v) is 3.63. The molecular formula is C7H15NO8S. The van der Waals surface area contributed by atoms with E-state index in [9.17, 15) is 9.59 Å². The Morgan fingerprint density at radius 1 is 1.35 bits per heavy atom. The van der Waals surface area contributed by atoms with E-state index in [-0.39, 0.29) is 19.4 Å². The van der Waals surface area contributed by atoms with Crippen LogP contribution in [0.5, 0.6) is 0 Å². The number of aliphatic carboxylic acids is 1. The van der Waals surface area contributed by atoms with Gasteiger partial charge in [-0.2, -0.15) is 8.42 Å². The maximum atomic E-state index is 10.8. The Hall–Kier alpha value is -1.23. The van der Waals surface area contributed by atoms with E-state index in [0.29, 0.717) is 0 Å². The van der Waals surface area contributed by atoms with Crippen molar-refractivity contribution in [3.63, 3.8) is 0 Å². The number of carboxylic acids is 1. The van der Waals surface area contributed by atoms with Crippen LogP contribution in [0.25, 0.3) is 0 Å². The third-order valence-corrected chi connectivity index (χ3v) is 1.26. The minimum atomic E-state index is -4.67. The molecule has 0 aliphatic heterocycles. The van der Waals surface area contributed by atoms with E-state index in [2.05, 4.69) is 4.74 Å². The SMILES string of the molecule is CCOC(=O)C(N)CCC(=O)O.O=S(=O)(O)O. The number of hydrogen-bond acceptors (Lipinski definition) is 6. The molecule has 17 heavy (non-hydrogen) atoms. The summed E-state index contributed by atoms with van der Waals surface area (Å²) in [5.74, 6) is -1.51. The second kappa shape index (κ2) is 8.87. The number of rotatable bonds is 5. The summed E-state index contributed by atoms with van der Waals surface area (Å²) in [5.41, 5.74) is 5.31. The Labute approximate surface area is 98.1 Å². The fourth-order valence-corrected chi connectivity index (χ4v) is 0.646. The van der Waals surface area contributed by atoms with Crippen LogP contribution in [0.4, 0.5) is 0 Å². The van der Waals surface area contributed by atoms with Crippen molar-refractivity contribution in [2.24, 2.45) is 5.73 Å². The molecule has 0 rings (SSSR count). The van der Waals surface area contributed by atoms with Crippen molar-refractivity contribution in [1.29, 1.82) is 0 Å². The van der Waals surface area contributed by atoms with Crippen molar-refractivity contribution in [1.82, 2.24) is 0 Å². The first-order chi connectivity index (χ1) is 7.57. The Morgan fingerprint density at radius 2 is 1.76 bits per heavy atom. The number of hydrogen-bond donors (Lipinski definition) is 4. The van der Waals surface area contributed by atoms with Crippen LogP contribution in [0.3, 0.4) is 0 Å². The highest BCUT2D eigenvalue weighted by Gasteiger charge is 2.15. The lowest BCUT2D eigenvalue weighted by molar-refractivity contribution is -0.145. The highest BCUT2D eigenvalue weighted by Crippen LogP contribution is 1.96. The normalized spacial score (nSPS) is 12.0. The Bertz CT molecular complexity index is 330. The molecule has 0 saturated heterocycles. The Kier molecular flexibility index (Phi) is 9.47. The van der Waals surface area contributed by atoms with Gasteiger partial charge in [0.2, 0.25) is 0 Å². The van der Waals surface area contributed by atoms with Gasteiger partial charge in [-0.1, -0.05) is 0 Å². The van der Waals surface area contributed by atoms with E-state index in [4.69, 9.17) is 28.4 Å². The standard InChI is InChI=1S/C7H13NO4.H2O4S/c1-2-12-7(11)5(8)3-4-6(9)10;1-5(2,3)4/h5H,2-4,8H2,1H3,(H,9,10);(H2,1,2,3,4). The van der Waals surface area contributed by atoms with Crippen LogP contribution in [-0.4, -0.2) is 47.2 Å². The molecule has 0 amide bonds. The zero-order valence-electron chi connectivity index (χ0n) is 9.07. The van der Waals surface area contributed by atoms with Gasteiger partial charge in [-0.15, -0.1) is 0 Å². The lowest BCUT2D eigenvalue weighted by Crippen LogP contribution is -2.32. The largest absolute Gasteiger partial charge is 0.481 e. The summed E-state index contributed by atoms with van der Waals surface area (Å²) < 4.78 is 36.2. The first-order valence-corrected chi connectivity index (χ1v) is 5.81. The van der Waals surface area contributed by atoms with Crippen LogP contribution in [0.2, 0.25) is 0 Å². The molecule has 102 valence electrons. The van der Waals surface area contributed by atoms with Crippen molar-refractivity contribution >= 4 is 22.3 Å². The molecule has 0 fully saturated rings. The van der Waals surface area contributed by atoms with E-state index >= 15 is 0 Å². The number of carbonyl (C=O) groups excluding carboxylic acids is 1. The van der Waals surface area contributed by atoms with Gasteiger partial charge in [-0.05, 0) is 13.3 Å². The van der Waals surface area contributed by atoms with Crippen LogP contribution in [0.15, 0.2) is 0 Å². The molecule has 0 heterocycles. The molecule has 1 atom stereocenters. The average Bonchev–Trinajstić information content (AvgIpc) is 2.11. The highest BCUT2D eigenvalue weighted by atomic mass is 32.3. The average molecular weight is 273 g/mol. The van der Waals surface area contributed by atoms with Crippen molar-refractivity contribution in [3.8, 4) is 0 Å². The summed E-state index contributed by atoms with van der Waals surface area (Å²) in [6.45, 7) is 1.93. The lowest BCUT2D eigenvalue weighted by atomic mass is 10.2. The molecule has 0 bridgehead atoms. The predicted octanol–water partition coefficient (Wildman–Crippen LogP) is -0.911. The molecule has 1 unspecified atom stereocenters. The summed E-state index contributed by atoms with van der Waals surface area (Å²) in [4.78, 5) is 20.9. The van der Waals surface area contributed by atoms with Gasteiger partial charge >= 0.3 is 22.3 Å². The first-order valence-electron chi connectivity index (χ1n) is 4.41. The monoisotopic (exact) mass is 273 g/mol. The molecule has 0 aliphatic carbocycles. The lowest BCUT2D eigenvalue weighted by Gasteiger charge is -2.07. The van der Waals surface area contributed by atoms with E-state index in [0.717, 1.165) is 0 Å². The highest BCUT2D eigenvalue weighted by molar-refractivity contribution is 7.79. The van der Waals surface area contributed by atoms with Crippen LogP contribution in [0.1, 0.15) is 19.8 Å². The van der Waals surface area contributed by atoms with E-state index in [1.54, 1.807) is 6.92 Å². The molecule has 0 spiro atoms. The Morgan fingerprint density at radius 3 is 2.06 bits per heavy atom. The zero-order chi connectivity index (χ0) is 14.1. The minimum Gasteiger partial charge on any atom is -0.481 e. The molecule has 9 nitrogen and oxygen atoms in total. The number of esters is 1. The second-order valence-electron chi connectivity index (χ2n) is 2.74. The van der Waals surface area contributed by atoms with E-state index < -0.39 is 28.4 Å². The smallest absolute Gasteiger partial charge is 0.394 e. The van der Waals surface area contributed by atoms with Gasteiger partial charge in [-0.25, -0.2) is 0 Å². The number of carboxylic acid groups (broad SMARTS) is 1. The fourth-order valence-electron chi connectivity index (χ4n) is 0.646. The maximum absolute atomic E-state index is 10.8. The summed E-state index contributed by atoms with van der Waals surface area (Å²) in [7, 11) is -4.67. The van der Waals surface area contributed by atoms with Crippen molar-refractivity contribution in [2.45, 2.75) is 25.8 Å². The van der Waals surface area contributed by atoms with Gasteiger partial charge in [0, 0.05) is 6.42 Å². The third-order valence-electron chi connectivity index (χ3n) is 1.26. The van der Waals surface area contributed by atoms with Crippen molar-refractivity contribution in [3.05, 3.63) is 0 Å². The molecule has 0 aromatic heterocycles. The topological polar surface area (TPSA) is 164 Å². The summed E-state index contributed by atoms with van der Waals surface area (Å²) in [6, 6.07) is -0.818. The fraction of sp³-hybridized carbons (Fsp3) is 0.714. The van der Waals surface area contributed by atoms with Crippen LogP contribution in [-0.2, 0) is 24.7 Å². The molecule has 0 aromatic carbocycles. The summed E-state index contributed by atoms with van der Waals surface area (Å²) in [5, 5.41) is 8.27. The van der Waals surface area contributed by atoms with Crippen LogP contribution < -0.4 is 5.73 Å². The molecular weight excluding hydrogens is 258 g/mol. The van der Waals surface area contributed by atoms with Gasteiger partial charge in [0.25, 0.3) is 0 Å².